The number of imidazole rings is 1. The number of rotatable bonds is 9. The van der Waals surface area contributed by atoms with Gasteiger partial charge in [-0.1, -0.05) is 84.8 Å². The molecule has 1 N–H and O–H groups in total. The van der Waals surface area contributed by atoms with Gasteiger partial charge in [0.05, 0.1) is 21.6 Å². The number of nitrogens with one attached hydrogen (secondary N) is 1. The van der Waals surface area contributed by atoms with Crippen LogP contribution in [0.15, 0.2) is 91.0 Å². The lowest BCUT2D eigenvalue weighted by Gasteiger charge is -2.12. The summed E-state index contributed by atoms with van der Waals surface area (Å²) in [5, 5.41) is 6.00. The molecule has 0 fully saturated rings. The Morgan fingerprint density at radius 1 is 0.829 bits per heavy atom. The van der Waals surface area contributed by atoms with Crippen molar-refractivity contribution in [3.63, 3.8) is 0 Å². The Bertz CT molecular complexity index is 1470. The zero-order chi connectivity index (χ0) is 24.0. The van der Waals surface area contributed by atoms with Gasteiger partial charge in [0, 0.05) is 19.5 Å². The van der Waals surface area contributed by atoms with E-state index in [1.54, 1.807) is 12.1 Å². The molecule has 35 heavy (non-hydrogen) atoms. The van der Waals surface area contributed by atoms with E-state index in [4.69, 9.17) is 16.6 Å². The van der Waals surface area contributed by atoms with Gasteiger partial charge in [-0.3, -0.25) is 4.79 Å². The maximum absolute atomic E-state index is 12.3. The summed E-state index contributed by atoms with van der Waals surface area (Å²) in [6.45, 7) is 1.43. The van der Waals surface area contributed by atoms with Gasteiger partial charge in [-0.15, -0.1) is 0 Å². The average molecular weight is 482 g/mol. The van der Waals surface area contributed by atoms with Crippen LogP contribution in [0.25, 0.3) is 21.8 Å². The average Bonchev–Trinajstić information content (AvgIpc) is 3.23. The summed E-state index contributed by atoms with van der Waals surface area (Å²) in [4.78, 5) is 17.3. The zero-order valence-corrected chi connectivity index (χ0v) is 20.3. The summed E-state index contributed by atoms with van der Waals surface area (Å²) < 4.78 is 2.36. The summed E-state index contributed by atoms with van der Waals surface area (Å²) >= 11 is 6.12. The standard InChI is InChI=1S/C30H28ClN3O/c31-26-16-6-5-15-25(26)30(35)32-20-9-1-2-19-29-33-27-17-7-8-18-28(27)34(29)21-23-13-10-12-22-11-3-4-14-24(22)23/h3-8,10-18H,1-2,9,19-21H2,(H,32,35). The minimum Gasteiger partial charge on any atom is -0.352 e. The van der Waals surface area contributed by atoms with Gasteiger partial charge in [0.1, 0.15) is 5.82 Å². The van der Waals surface area contributed by atoms with Crippen LogP contribution in [0.2, 0.25) is 5.02 Å². The fraction of sp³-hybridized carbons (Fsp3) is 0.200. The number of hydrogen-bond acceptors (Lipinski definition) is 2. The van der Waals surface area contributed by atoms with Gasteiger partial charge in [-0.2, -0.15) is 0 Å². The second-order valence-corrected chi connectivity index (χ2v) is 9.19. The van der Waals surface area contributed by atoms with Crippen molar-refractivity contribution in [3.8, 4) is 0 Å². The summed E-state index contributed by atoms with van der Waals surface area (Å²) in [6.07, 6.45) is 3.85. The van der Waals surface area contributed by atoms with Gasteiger partial charge in [0.15, 0.2) is 0 Å². The number of carbonyl (C=O) groups is 1. The lowest BCUT2D eigenvalue weighted by atomic mass is 10.0. The van der Waals surface area contributed by atoms with Crippen LogP contribution >= 0.6 is 11.6 Å². The van der Waals surface area contributed by atoms with Crippen LogP contribution in [-0.4, -0.2) is 22.0 Å². The van der Waals surface area contributed by atoms with Crippen molar-refractivity contribution in [2.24, 2.45) is 0 Å². The number of carbonyl (C=O) groups excluding carboxylic acids is 1. The molecule has 0 unspecified atom stereocenters. The van der Waals surface area contributed by atoms with Crippen LogP contribution < -0.4 is 5.32 Å². The molecule has 0 aliphatic carbocycles. The van der Waals surface area contributed by atoms with Crippen LogP contribution in [0.5, 0.6) is 0 Å². The molecule has 5 heteroatoms. The number of halogens is 1. The van der Waals surface area contributed by atoms with Crippen LogP contribution in [0, 0.1) is 0 Å². The minimum absolute atomic E-state index is 0.118. The first-order valence-corrected chi connectivity index (χ1v) is 12.5. The zero-order valence-electron chi connectivity index (χ0n) is 19.6. The maximum Gasteiger partial charge on any atom is 0.252 e. The fourth-order valence-electron chi connectivity index (χ4n) is 4.62. The lowest BCUT2D eigenvalue weighted by molar-refractivity contribution is 0.0953. The molecule has 5 rings (SSSR count). The number of para-hydroxylation sites is 2. The van der Waals surface area contributed by atoms with Crippen molar-refractivity contribution in [2.45, 2.75) is 32.2 Å². The number of unbranched alkanes of at least 4 members (excludes halogenated alkanes) is 2. The molecule has 0 saturated heterocycles. The first-order valence-electron chi connectivity index (χ1n) is 12.1. The molecule has 176 valence electrons. The number of hydrogen-bond donors (Lipinski definition) is 1. The van der Waals surface area contributed by atoms with Crippen molar-refractivity contribution in [1.29, 1.82) is 0 Å². The molecule has 0 bridgehead atoms. The van der Waals surface area contributed by atoms with E-state index in [1.807, 2.05) is 18.2 Å². The largest absolute Gasteiger partial charge is 0.352 e. The highest BCUT2D eigenvalue weighted by Crippen LogP contribution is 2.24. The predicted molar refractivity (Wildman–Crippen MR) is 144 cm³/mol. The van der Waals surface area contributed by atoms with E-state index >= 15 is 0 Å². The van der Waals surface area contributed by atoms with Crippen molar-refractivity contribution >= 4 is 39.3 Å². The molecular weight excluding hydrogens is 454 g/mol. The number of fused-ring (bicyclic) bond motifs is 2. The van der Waals surface area contributed by atoms with Gasteiger partial charge in [-0.05, 0) is 53.4 Å². The van der Waals surface area contributed by atoms with Crippen molar-refractivity contribution in [1.82, 2.24) is 14.9 Å². The third-order valence-corrected chi connectivity index (χ3v) is 6.75. The van der Waals surface area contributed by atoms with E-state index in [0.717, 1.165) is 43.6 Å². The topological polar surface area (TPSA) is 46.9 Å². The third-order valence-electron chi connectivity index (χ3n) is 6.42. The first kappa shape index (κ1) is 23.1. The number of benzene rings is 4. The normalized spacial score (nSPS) is 11.2. The molecule has 0 aliphatic heterocycles. The number of aryl methyl sites for hydroxylation is 1. The van der Waals surface area contributed by atoms with Crippen molar-refractivity contribution in [3.05, 3.63) is 113 Å². The Labute approximate surface area is 210 Å². The third kappa shape index (κ3) is 5.23. The molecule has 0 atom stereocenters. The molecule has 1 aromatic heterocycles. The summed E-state index contributed by atoms with van der Waals surface area (Å²) in [7, 11) is 0. The summed E-state index contributed by atoms with van der Waals surface area (Å²) in [5.41, 5.74) is 4.03. The molecule has 5 aromatic rings. The van der Waals surface area contributed by atoms with Crippen molar-refractivity contribution < 1.29 is 4.79 Å². The van der Waals surface area contributed by atoms with E-state index < -0.39 is 0 Å². The summed E-state index contributed by atoms with van der Waals surface area (Å²) in [6, 6.07) is 30.5. The van der Waals surface area contributed by atoms with Crippen LogP contribution in [0.3, 0.4) is 0 Å². The molecule has 0 radical (unpaired) electrons. The number of aromatic nitrogens is 2. The SMILES string of the molecule is O=C(NCCCCCc1nc2ccccc2n1Cc1cccc2ccccc12)c1ccccc1Cl. The Hall–Kier alpha value is -3.63. The van der Waals surface area contributed by atoms with Gasteiger partial charge < -0.3 is 9.88 Å². The van der Waals surface area contributed by atoms with Gasteiger partial charge >= 0.3 is 0 Å². The highest BCUT2D eigenvalue weighted by atomic mass is 35.5. The Morgan fingerprint density at radius 2 is 1.60 bits per heavy atom. The fourth-order valence-corrected chi connectivity index (χ4v) is 4.84. The van der Waals surface area contributed by atoms with E-state index in [9.17, 15) is 4.79 Å². The number of amides is 1. The lowest BCUT2D eigenvalue weighted by Crippen LogP contribution is -2.24. The molecule has 0 saturated carbocycles. The van der Waals surface area contributed by atoms with Gasteiger partial charge in [-0.25, -0.2) is 4.98 Å². The van der Waals surface area contributed by atoms with Gasteiger partial charge in [0.2, 0.25) is 0 Å². The highest BCUT2D eigenvalue weighted by molar-refractivity contribution is 6.33. The molecule has 0 aliphatic rings. The quantitative estimate of drug-likeness (QED) is 0.230. The maximum atomic E-state index is 12.3. The highest BCUT2D eigenvalue weighted by Gasteiger charge is 2.12. The Balaban J connectivity index is 1.23. The van der Waals surface area contributed by atoms with E-state index in [1.165, 1.54) is 21.9 Å². The van der Waals surface area contributed by atoms with Gasteiger partial charge in [0.25, 0.3) is 5.91 Å². The van der Waals surface area contributed by atoms with E-state index in [-0.39, 0.29) is 5.91 Å². The first-order chi connectivity index (χ1) is 17.2. The molecule has 0 spiro atoms. The van der Waals surface area contributed by atoms with Crippen molar-refractivity contribution in [2.75, 3.05) is 6.54 Å². The second kappa shape index (κ2) is 10.7. The minimum atomic E-state index is -0.118. The van der Waals surface area contributed by atoms with Crippen LogP contribution in [-0.2, 0) is 13.0 Å². The van der Waals surface area contributed by atoms with Crippen LogP contribution in [0.1, 0.15) is 41.0 Å². The second-order valence-electron chi connectivity index (χ2n) is 8.79. The predicted octanol–water partition coefficient (Wildman–Crippen LogP) is 7.03. The summed E-state index contributed by atoms with van der Waals surface area (Å²) in [5.74, 6) is 0.992. The monoisotopic (exact) mass is 481 g/mol. The smallest absolute Gasteiger partial charge is 0.252 e. The van der Waals surface area contributed by atoms with E-state index in [2.05, 4.69) is 70.5 Å². The Morgan fingerprint density at radius 3 is 2.51 bits per heavy atom. The molecule has 4 aromatic carbocycles. The molecule has 1 amide bonds. The molecular formula is C30H28ClN3O. The molecule has 1 heterocycles. The van der Waals surface area contributed by atoms with E-state index in [0.29, 0.717) is 17.1 Å². The Kier molecular flexibility index (Phi) is 7.10. The van der Waals surface area contributed by atoms with Crippen LogP contribution in [0.4, 0.5) is 0 Å². The number of nitrogens with zero attached hydrogens (tertiary/aromatic N) is 2. The molecule has 4 nitrogen and oxygen atoms in total.